The molecule has 2 rings (SSSR count). The first-order chi connectivity index (χ1) is 8.15. The van der Waals surface area contributed by atoms with Gasteiger partial charge in [-0.05, 0) is 47.1 Å². The lowest BCUT2D eigenvalue weighted by Crippen LogP contribution is -2.03. The molecule has 2 aromatic rings. The van der Waals surface area contributed by atoms with Gasteiger partial charge in [0.1, 0.15) is 5.15 Å². The second-order valence-electron chi connectivity index (χ2n) is 3.59. The lowest BCUT2D eigenvalue weighted by molar-refractivity contribution is 1.03. The number of nitrogens with one attached hydrogen (secondary N) is 1. The van der Waals surface area contributed by atoms with E-state index in [4.69, 9.17) is 11.6 Å². The van der Waals surface area contributed by atoms with Gasteiger partial charge < -0.3 is 5.32 Å². The van der Waals surface area contributed by atoms with Gasteiger partial charge in [0.25, 0.3) is 0 Å². The van der Waals surface area contributed by atoms with Crippen molar-refractivity contribution >= 4 is 33.2 Å². The van der Waals surface area contributed by atoms with Crippen LogP contribution in [-0.2, 0) is 6.54 Å². The normalized spacial score (nSPS) is 10.3. The number of anilines is 1. The Morgan fingerprint density at radius 2 is 2.12 bits per heavy atom. The molecule has 88 valence electrons. The number of aromatic nitrogens is 2. The molecule has 0 unspecified atom stereocenters. The summed E-state index contributed by atoms with van der Waals surface area (Å²) in [4.78, 5) is 8.46. The molecule has 0 radical (unpaired) electrons. The van der Waals surface area contributed by atoms with Crippen LogP contribution in [0.25, 0.3) is 0 Å². The van der Waals surface area contributed by atoms with E-state index in [0.717, 1.165) is 21.5 Å². The van der Waals surface area contributed by atoms with Crippen molar-refractivity contribution in [3.8, 4) is 0 Å². The van der Waals surface area contributed by atoms with E-state index < -0.39 is 0 Å². The largest absolute Gasteiger partial charge is 0.378 e. The number of aryl methyl sites for hydroxylation is 1. The summed E-state index contributed by atoms with van der Waals surface area (Å²) in [7, 11) is 0. The van der Waals surface area contributed by atoms with E-state index in [9.17, 15) is 0 Å². The van der Waals surface area contributed by atoms with Crippen molar-refractivity contribution in [3.63, 3.8) is 0 Å². The van der Waals surface area contributed by atoms with E-state index >= 15 is 0 Å². The maximum Gasteiger partial charge on any atom is 0.129 e. The van der Waals surface area contributed by atoms with Gasteiger partial charge in [-0.1, -0.05) is 11.6 Å². The van der Waals surface area contributed by atoms with E-state index in [1.807, 2.05) is 25.1 Å². The number of hydrogen-bond donors (Lipinski definition) is 1. The quantitative estimate of drug-likeness (QED) is 0.876. The van der Waals surface area contributed by atoms with Crippen molar-refractivity contribution in [1.82, 2.24) is 9.97 Å². The molecule has 0 bridgehead atoms. The van der Waals surface area contributed by atoms with Crippen LogP contribution in [0, 0.1) is 6.92 Å². The van der Waals surface area contributed by atoms with Gasteiger partial charge in [-0.2, -0.15) is 0 Å². The Labute approximate surface area is 113 Å². The second-order valence-corrected chi connectivity index (χ2v) is 4.89. The third-order valence-corrected chi connectivity index (χ3v) is 2.98. The van der Waals surface area contributed by atoms with Gasteiger partial charge in [0.05, 0.1) is 23.6 Å². The molecule has 5 heteroatoms. The maximum atomic E-state index is 5.80. The Kier molecular flexibility index (Phi) is 3.97. The topological polar surface area (TPSA) is 37.8 Å². The van der Waals surface area contributed by atoms with Gasteiger partial charge in [0, 0.05) is 10.7 Å². The summed E-state index contributed by atoms with van der Waals surface area (Å²) in [6, 6.07) is 7.63. The highest BCUT2D eigenvalue weighted by atomic mass is 79.9. The SMILES string of the molecule is Cc1nc(Cl)ccc1NCc1ccc(Br)cn1. The predicted octanol–water partition coefficient (Wildman–Crippen LogP) is 3.81. The van der Waals surface area contributed by atoms with Crippen molar-refractivity contribution in [2.45, 2.75) is 13.5 Å². The smallest absolute Gasteiger partial charge is 0.129 e. The van der Waals surface area contributed by atoms with Crippen LogP contribution in [0.4, 0.5) is 5.69 Å². The van der Waals surface area contributed by atoms with Gasteiger partial charge >= 0.3 is 0 Å². The Hall–Kier alpha value is -1.13. The number of pyridine rings is 2. The highest BCUT2D eigenvalue weighted by Crippen LogP contribution is 2.16. The summed E-state index contributed by atoms with van der Waals surface area (Å²) >= 11 is 9.15. The molecular formula is C12H11BrClN3. The summed E-state index contributed by atoms with van der Waals surface area (Å²) in [6.07, 6.45) is 1.78. The van der Waals surface area contributed by atoms with Crippen LogP contribution in [0.1, 0.15) is 11.4 Å². The van der Waals surface area contributed by atoms with Crippen molar-refractivity contribution < 1.29 is 0 Å². The summed E-state index contributed by atoms with van der Waals surface area (Å²) < 4.78 is 0.977. The van der Waals surface area contributed by atoms with E-state index in [0.29, 0.717) is 11.7 Å². The van der Waals surface area contributed by atoms with Crippen LogP contribution in [-0.4, -0.2) is 9.97 Å². The van der Waals surface area contributed by atoms with Crippen molar-refractivity contribution in [3.05, 3.63) is 51.5 Å². The summed E-state index contributed by atoms with van der Waals surface area (Å²) in [5.41, 5.74) is 2.83. The van der Waals surface area contributed by atoms with Gasteiger partial charge in [0.2, 0.25) is 0 Å². The summed E-state index contributed by atoms with van der Waals surface area (Å²) in [6.45, 7) is 2.58. The maximum absolute atomic E-state index is 5.80. The third kappa shape index (κ3) is 3.41. The zero-order valence-corrected chi connectivity index (χ0v) is 11.6. The van der Waals surface area contributed by atoms with Gasteiger partial charge in [0.15, 0.2) is 0 Å². The molecule has 0 fully saturated rings. The Morgan fingerprint density at radius 3 is 2.76 bits per heavy atom. The van der Waals surface area contributed by atoms with Gasteiger partial charge in [-0.15, -0.1) is 0 Å². The van der Waals surface area contributed by atoms with Crippen molar-refractivity contribution in [1.29, 1.82) is 0 Å². The molecule has 0 aliphatic carbocycles. The average molecular weight is 313 g/mol. The highest BCUT2D eigenvalue weighted by molar-refractivity contribution is 9.10. The van der Waals surface area contributed by atoms with Crippen LogP contribution in [0.3, 0.4) is 0 Å². The lowest BCUT2D eigenvalue weighted by Gasteiger charge is -2.08. The minimum atomic E-state index is 0.509. The molecule has 17 heavy (non-hydrogen) atoms. The standard InChI is InChI=1S/C12H11BrClN3/c1-8-11(4-5-12(14)17-8)16-7-10-3-2-9(13)6-15-10/h2-6,16H,7H2,1H3. The number of rotatable bonds is 3. The average Bonchev–Trinajstić information content (AvgIpc) is 2.30. The molecule has 0 aliphatic heterocycles. The lowest BCUT2D eigenvalue weighted by atomic mass is 10.3. The molecule has 3 nitrogen and oxygen atoms in total. The van der Waals surface area contributed by atoms with Gasteiger partial charge in [-0.25, -0.2) is 4.98 Å². The zero-order chi connectivity index (χ0) is 12.3. The minimum absolute atomic E-state index is 0.509. The Bertz CT molecular complexity index is 514. The number of hydrogen-bond acceptors (Lipinski definition) is 3. The first kappa shape index (κ1) is 12.3. The number of halogens is 2. The Balaban J connectivity index is 2.04. The molecule has 0 saturated heterocycles. The first-order valence-corrected chi connectivity index (χ1v) is 6.30. The van der Waals surface area contributed by atoms with Crippen LogP contribution in [0.15, 0.2) is 34.9 Å². The molecule has 1 N–H and O–H groups in total. The minimum Gasteiger partial charge on any atom is -0.378 e. The Morgan fingerprint density at radius 1 is 1.29 bits per heavy atom. The molecule has 0 saturated carbocycles. The molecule has 2 aromatic heterocycles. The fourth-order valence-electron chi connectivity index (χ4n) is 1.41. The van der Waals surface area contributed by atoms with E-state index in [-0.39, 0.29) is 0 Å². The monoisotopic (exact) mass is 311 g/mol. The van der Waals surface area contributed by atoms with Crippen LogP contribution in [0.5, 0.6) is 0 Å². The fourth-order valence-corrected chi connectivity index (χ4v) is 1.84. The van der Waals surface area contributed by atoms with E-state index in [1.54, 1.807) is 12.3 Å². The van der Waals surface area contributed by atoms with E-state index in [2.05, 4.69) is 31.2 Å². The van der Waals surface area contributed by atoms with Crippen molar-refractivity contribution in [2.24, 2.45) is 0 Å². The van der Waals surface area contributed by atoms with E-state index in [1.165, 1.54) is 0 Å². The fraction of sp³-hybridized carbons (Fsp3) is 0.167. The van der Waals surface area contributed by atoms with Crippen LogP contribution < -0.4 is 5.32 Å². The number of nitrogens with zero attached hydrogens (tertiary/aromatic N) is 2. The highest BCUT2D eigenvalue weighted by Gasteiger charge is 2.01. The first-order valence-electron chi connectivity index (χ1n) is 5.12. The molecule has 0 aromatic carbocycles. The molecule has 0 amide bonds. The second kappa shape index (κ2) is 5.47. The van der Waals surface area contributed by atoms with Crippen molar-refractivity contribution in [2.75, 3.05) is 5.32 Å². The summed E-state index contributed by atoms with van der Waals surface area (Å²) in [5, 5.41) is 3.79. The van der Waals surface area contributed by atoms with Crippen LogP contribution in [0.2, 0.25) is 5.15 Å². The molecule has 2 heterocycles. The molecule has 0 spiro atoms. The molecule has 0 aliphatic rings. The third-order valence-electron chi connectivity index (χ3n) is 2.30. The summed E-state index contributed by atoms with van der Waals surface area (Å²) in [5.74, 6) is 0. The zero-order valence-electron chi connectivity index (χ0n) is 9.24. The molecular weight excluding hydrogens is 302 g/mol. The van der Waals surface area contributed by atoms with Gasteiger partial charge in [-0.3, -0.25) is 4.98 Å². The molecule has 0 atom stereocenters. The van der Waals surface area contributed by atoms with Crippen LogP contribution >= 0.6 is 27.5 Å². The predicted molar refractivity (Wildman–Crippen MR) is 73.2 cm³/mol.